The van der Waals surface area contributed by atoms with Crippen LogP contribution in [0.1, 0.15) is 32.1 Å². The first-order chi connectivity index (χ1) is 11.1. The highest BCUT2D eigenvalue weighted by molar-refractivity contribution is 8.00. The normalized spacial score (nSPS) is 23.5. The van der Waals surface area contributed by atoms with E-state index in [1.165, 1.54) is 22.3 Å². The number of rotatable bonds is 4. The summed E-state index contributed by atoms with van der Waals surface area (Å²) in [6, 6.07) is 3.30. The smallest absolute Gasteiger partial charge is 0.244 e. The van der Waals surface area contributed by atoms with Crippen molar-refractivity contribution in [2.45, 2.75) is 47.3 Å². The van der Waals surface area contributed by atoms with Gasteiger partial charge in [0.2, 0.25) is 15.9 Å². The molecule has 2 aliphatic rings. The van der Waals surface area contributed by atoms with Crippen LogP contribution >= 0.6 is 11.8 Å². The molecule has 1 atom stereocenters. The number of sulfonamides is 1. The average Bonchev–Trinajstić information content (AvgIpc) is 3.02. The first-order valence-corrected chi connectivity index (χ1v) is 10.3. The number of amides is 1. The molecule has 23 heavy (non-hydrogen) atoms. The second-order valence-electron chi connectivity index (χ2n) is 5.84. The number of hydrogen-bond donors (Lipinski definition) is 1. The van der Waals surface area contributed by atoms with Crippen molar-refractivity contribution in [3.8, 4) is 0 Å². The number of nitrogens with one attached hydrogen (secondary N) is 1. The largest absolute Gasteiger partial charge is 0.355 e. The van der Waals surface area contributed by atoms with Crippen molar-refractivity contribution < 1.29 is 13.2 Å². The van der Waals surface area contributed by atoms with Gasteiger partial charge in [-0.1, -0.05) is 18.2 Å². The fraction of sp³-hybridized carbons (Fsp3) is 0.600. The standard InChI is InChI=1S/C15H21N3O3S2/c19-15-13(5-1-2-8-16-15)22-14-7-6-12(11-17-14)23(20,21)18-9-3-4-10-18/h6-7,11,13H,1-5,8-10H2,(H,16,19)/t13-/m0/s1. The molecule has 0 aliphatic carbocycles. The first kappa shape index (κ1) is 16.7. The lowest BCUT2D eigenvalue weighted by Crippen LogP contribution is -2.30. The van der Waals surface area contributed by atoms with Crippen LogP contribution in [-0.4, -0.2) is 48.5 Å². The molecule has 2 saturated heterocycles. The van der Waals surface area contributed by atoms with Crippen molar-refractivity contribution in [1.82, 2.24) is 14.6 Å². The minimum atomic E-state index is -3.42. The van der Waals surface area contributed by atoms with E-state index in [2.05, 4.69) is 10.3 Å². The molecule has 1 N–H and O–H groups in total. The zero-order chi connectivity index (χ0) is 16.3. The molecule has 6 nitrogen and oxygen atoms in total. The molecule has 1 aromatic rings. The van der Waals surface area contributed by atoms with Gasteiger partial charge >= 0.3 is 0 Å². The maximum atomic E-state index is 12.4. The molecule has 3 rings (SSSR count). The molecule has 0 saturated carbocycles. The van der Waals surface area contributed by atoms with Crippen molar-refractivity contribution in [1.29, 1.82) is 0 Å². The Bertz CT molecular complexity index is 655. The van der Waals surface area contributed by atoms with Crippen molar-refractivity contribution in [2.24, 2.45) is 0 Å². The Morgan fingerprint density at radius 1 is 1.17 bits per heavy atom. The lowest BCUT2D eigenvalue weighted by molar-refractivity contribution is -0.120. The molecule has 0 aromatic carbocycles. The molecule has 0 spiro atoms. The number of thioether (sulfide) groups is 1. The highest BCUT2D eigenvalue weighted by atomic mass is 32.2. The van der Waals surface area contributed by atoms with Crippen LogP contribution in [0.4, 0.5) is 0 Å². The van der Waals surface area contributed by atoms with Gasteiger partial charge in [0, 0.05) is 25.8 Å². The van der Waals surface area contributed by atoms with Crippen LogP contribution < -0.4 is 5.32 Å². The van der Waals surface area contributed by atoms with Crippen LogP contribution in [0.25, 0.3) is 0 Å². The van der Waals surface area contributed by atoms with E-state index in [-0.39, 0.29) is 16.1 Å². The molecule has 2 aliphatic heterocycles. The molecule has 2 fully saturated rings. The Hall–Kier alpha value is -1.12. The van der Waals surface area contributed by atoms with Gasteiger partial charge in [0.1, 0.15) is 4.90 Å². The fourth-order valence-electron chi connectivity index (χ4n) is 2.84. The number of aromatic nitrogens is 1. The van der Waals surface area contributed by atoms with E-state index in [0.717, 1.165) is 38.6 Å². The predicted octanol–water partition coefficient (Wildman–Crippen LogP) is 1.63. The average molecular weight is 355 g/mol. The molecule has 3 heterocycles. The van der Waals surface area contributed by atoms with Gasteiger partial charge in [0.15, 0.2) is 0 Å². The predicted molar refractivity (Wildman–Crippen MR) is 88.7 cm³/mol. The highest BCUT2D eigenvalue weighted by Crippen LogP contribution is 2.28. The summed E-state index contributed by atoms with van der Waals surface area (Å²) in [6.07, 6.45) is 6.08. The van der Waals surface area contributed by atoms with E-state index in [9.17, 15) is 13.2 Å². The van der Waals surface area contributed by atoms with Gasteiger partial charge in [-0.2, -0.15) is 4.31 Å². The highest BCUT2D eigenvalue weighted by Gasteiger charge is 2.28. The Kier molecular flexibility index (Phi) is 5.23. The molecule has 0 unspecified atom stereocenters. The first-order valence-electron chi connectivity index (χ1n) is 7.98. The third-order valence-corrected chi connectivity index (χ3v) is 7.26. The zero-order valence-electron chi connectivity index (χ0n) is 12.9. The van der Waals surface area contributed by atoms with Crippen molar-refractivity contribution in [3.63, 3.8) is 0 Å². The minimum absolute atomic E-state index is 0.0445. The Morgan fingerprint density at radius 2 is 1.96 bits per heavy atom. The van der Waals surface area contributed by atoms with E-state index in [4.69, 9.17) is 0 Å². The van der Waals surface area contributed by atoms with Gasteiger partial charge < -0.3 is 5.32 Å². The van der Waals surface area contributed by atoms with Crippen LogP contribution in [0.15, 0.2) is 28.3 Å². The van der Waals surface area contributed by atoms with E-state index in [1.54, 1.807) is 12.1 Å². The molecule has 1 amide bonds. The molecular weight excluding hydrogens is 334 g/mol. The number of pyridine rings is 1. The van der Waals surface area contributed by atoms with Gasteiger partial charge in [-0.25, -0.2) is 13.4 Å². The van der Waals surface area contributed by atoms with Gasteiger partial charge in [-0.05, 0) is 37.8 Å². The molecule has 0 radical (unpaired) electrons. The number of carbonyl (C=O) groups is 1. The summed E-state index contributed by atoms with van der Waals surface area (Å²) in [5.74, 6) is 0.0445. The van der Waals surface area contributed by atoms with Crippen LogP contribution in [0, 0.1) is 0 Å². The summed E-state index contributed by atoms with van der Waals surface area (Å²) >= 11 is 1.41. The lowest BCUT2D eigenvalue weighted by Gasteiger charge is -2.16. The summed E-state index contributed by atoms with van der Waals surface area (Å²) < 4.78 is 26.4. The Balaban J connectivity index is 1.70. The molecule has 0 bridgehead atoms. The maximum Gasteiger partial charge on any atom is 0.244 e. The molecule has 126 valence electrons. The van der Waals surface area contributed by atoms with E-state index < -0.39 is 10.0 Å². The number of nitrogens with zero attached hydrogens (tertiary/aromatic N) is 2. The maximum absolute atomic E-state index is 12.4. The molecule has 1 aromatic heterocycles. The summed E-state index contributed by atoms with van der Waals surface area (Å²) in [4.78, 5) is 16.4. The SMILES string of the molecule is O=C1NCCCC[C@@H]1Sc1ccc(S(=O)(=O)N2CCCC2)cn1. The lowest BCUT2D eigenvalue weighted by atomic mass is 10.2. The minimum Gasteiger partial charge on any atom is -0.355 e. The second-order valence-corrected chi connectivity index (χ2v) is 9.00. The van der Waals surface area contributed by atoms with Crippen molar-refractivity contribution in [2.75, 3.05) is 19.6 Å². The van der Waals surface area contributed by atoms with Gasteiger partial charge in [-0.15, -0.1) is 0 Å². The van der Waals surface area contributed by atoms with Crippen molar-refractivity contribution >= 4 is 27.7 Å². The second kappa shape index (κ2) is 7.19. The third kappa shape index (κ3) is 3.87. The Morgan fingerprint density at radius 3 is 2.65 bits per heavy atom. The number of hydrogen-bond acceptors (Lipinski definition) is 5. The fourth-order valence-corrected chi connectivity index (χ4v) is 5.33. The zero-order valence-corrected chi connectivity index (χ0v) is 14.5. The van der Waals surface area contributed by atoms with Gasteiger partial charge in [0.25, 0.3) is 0 Å². The monoisotopic (exact) mass is 355 g/mol. The summed E-state index contributed by atoms with van der Waals surface area (Å²) in [6.45, 7) is 1.90. The summed E-state index contributed by atoms with van der Waals surface area (Å²) in [7, 11) is -3.42. The quantitative estimate of drug-likeness (QED) is 0.888. The third-order valence-electron chi connectivity index (χ3n) is 4.16. The van der Waals surface area contributed by atoms with E-state index in [1.807, 2.05) is 0 Å². The van der Waals surface area contributed by atoms with Crippen LogP contribution in [-0.2, 0) is 14.8 Å². The van der Waals surface area contributed by atoms with Crippen LogP contribution in [0.2, 0.25) is 0 Å². The summed E-state index contributed by atoms with van der Waals surface area (Å²) in [5.41, 5.74) is 0. The molecule has 8 heteroatoms. The van der Waals surface area contributed by atoms with Crippen LogP contribution in [0.5, 0.6) is 0 Å². The Labute approximate surface area is 141 Å². The van der Waals surface area contributed by atoms with Gasteiger partial charge in [0.05, 0.1) is 10.3 Å². The molecular formula is C15H21N3O3S2. The van der Waals surface area contributed by atoms with Crippen LogP contribution in [0.3, 0.4) is 0 Å². The van der Waals surface area contributed by atoms with E-state index in [0.29, 0.717) is 18.1 Å². The summed E-state index contributed by atoms with van der Waals surface area (Å²) in [5, 5.41) is 3.44. The van der Waals surface area contributed by atoms with E-state index >= 15 is 0 Å². The topological polar surface area (TPSA) is 79.4 Å². The number of carbonyl (C=O) groups excluding carboxylic acids is 1. The van der Waals surface area contributed by atoms with Gasteiger partial charge in [-0.3, -0.25) is 4.79 Å². The van der Waals surface area contributed by atoms with Crippen molar-refractivity contribution in [3.05, 3.63) is 18.3 Å².